The van der Waals surface area contributed by atoms with Crippen LogP contribution in [0.4, 0.5) is 0 Å². The molecule has 0 aliphatic heterocycles. The molecule has 0 heterocycles. The SMILES string of the molecule is CCOC(=O)[C@@H]1[C@@H](C=CC(C)=O)C1(C)C. The number of hydrogen-bond acceptors (Lipinski definition) is 3. The van der Waals surface area contributed by atoms with Gasteiger partial charge in [0.2, 0.25) is 0 Å². The summed E-state index contributed by atoms with van der Waals surface area (Å²) >= 11 is 0. The van der Waals surface area contributed by atoms with Crippen molar-refractivity contribution in [3.63, 3.8) is 0 Å². The van der Waals surface area contributed by atoms with Crippen LogP contribution >= 0.6 is 0 Å². The first-order chi connectivity index (χ1) is 6.91. The molecule has 0 saturated heterocycles. The summed E-state index contributed by atoms with van der Waals surface area (Å²) in [5.74, 6) is -0.0884. The summed E-state index contributed by atoms with van der Waals surface area (Å²) in [6.07, 6.45) is 3.36. The Balaban J connectivity index is 2.62. The van der Waals surface area contributed by atoms with E-state index in [4.69, 9.17) is 4.74 Å². The first kappa shape index (κ1) is 12.0. The number of ketones is 1. The number of esters is 1. The summed E-state index contributed by atoms with van der Waals surface area (Å²) in [7, 11) is 0. The highest BCUT2D eigenvalue weighted by Crippen LogP contribution is 2.59. The van der Waals surface area contributed by atoms with Gasteiger partial charge in [-0.3, -0.25) is 9.59 Å². The van der Waals surface area contributed by atoms with Gasteiger partial charge < -0.3 is 4.74 Å². The average Bonchev–Trinajstić information content (AvgIpc) is 2.65. The van der Waals surface area contributed by atoms with Gasteiger partial charge in [-0.2, -0.15) is 0 Å². The van der Waals surface area contributed by atoms with E-state index >= 15 is 0 Å². The van der Waals surface area contributed by atoms with Gasteiger partial charge in [0.15, 0.2) is 5.78 Å². The minimum absolute atomic E-state index is 0.0142. The monoisotopic (exact) mass is 210 g/mol. The topological polar surface area (TPSA) is 43.4 Å². The molecule has 1 saturated carbocycles. The van der Waals surface area contributed by atoms with Crippen molar-refractivity contribution in [1.29, 1.82) is 0 Å². The van der Waals surface area contributed by atoms with Crippen LogP contribution in [0, 0.1) is 17.3 Å². The van der Waals surface area contributed by atoms with Crippen LogP contribution in [0.2, 0.25) is 0 Å². The maximum Gasteiger partial charge on any atom is 0.310 e. The van der Waals surface area contributed by atoms with Gasteiger partial charge >= 0.3 is 5.97 Å². The highest BCUT2D eigenvalue weighted by Gasteiger charge is 2.61. The third-order valence-corrected chi connectivity index (χ3v) is 2.99. The van der Waals surface area contributed by atoms with Gasteiger partial charge in [0.05, 0.1) is 12.5 Å². The summed E-state index contributed by atoms with van der Waals surface area (Å²) in [5.41, 5.74) is -0.0712. The van der Waals surface area contributed by atoms with Crippen LogP contribution in [0.25, 0.3) is 0 Å². The maximum atomic E-state index is 11.5. The lowest BCUT2D eigenvalue weighted by Gasteiger charge is -2.01. The molecule has 1 fully saturated rings. The van der Waals surface area contributed by atoms with Gasteiger partial charge in [0, 0.05) is 0 Å². The van der Waals surface area contributed by atoms with Crippen LogP contribution in [-0.2, 0) is 14.3 Å². The third-order valence-electron chi connectivity index (χ3n) is 2.99. The first-order valence-electron chi connectivity index (χ1n) is 5.26. The predicted octanol–water partition coefficient (Wildman–Crippen LogP) is 1.97. The summed E-state index contributed by atoms with van der Waals surface area (Å²) in [4.78, 5) is 22.3. The number of hydrogen-bond donors (Lipinski definition) is 0. The van der Waals surface area contributed by atoms with E-state index in [2.05, 4.69) is 0 Å². The van der Waals surface area contributed by atoms with Crippen molar-refractivity contribution in [2.75, 3.05) is 6.61 Å². The van der Waals surface area contributed by atoms with E-state index in [-0.39, 0.29) is 29.0 Å². The second-order valence-corrected chi connectivity index (χ2v) is 4.55. The Morgan fingerprint density at radius 1 is 1.40 bits per heavy atom. The summed E-state index contributed by atoms with van der Waals surface area (Å²) < 4.78 is 4.98. The fraction of sp³-hybridized carbons (Fsp3) is 0.667. The molecule has 0 radical (unpaired) electrons. The van der Waals surface area contributed by atoms with Gasteiger partial charge in [-0.25, -0.2) is 0 Å². The number of allylic oxidation sites excluding steroid dienone is 2. The Morgan fingerprint density at radius 3 is 2.47 bits per heavy atom. The summed E-state index contributed by atoms with van der Waals surface area (Å²) in [5, 5.41) is 0. The predicted molar refractivity (Wildman–Crippen MR) is 57.2 cm³/mol. The van der Waals surface area contributed by atoms with Crippen molar-refractivity contribution in [1.82, 2.24) is 0 Å². The Kier molecular flexibility index (Phi) is 3.32. The second kappa shape index (κ2) is 4.17. The Morgan fingerprint density at radius 2 is 2.00 bits per heavy atom. The minimum atomic E-state index is -0.152. The van der Waals surface area contributed by atoms with Crippen LogP contribution < -0.4 is 0 Å². The van der Waals surface area contributed by atoms with Crippen molar-refractivity contribution in [3.05, 3.63) is 12.2 Å². The number of carbonyl (C=O) groups is 2. The zero-order valence-corrected chi connectivity index (χ0v) is 9.74. The molecule has 1 rings (SSSR count). The Labute approximate surface area is 90.5 Å². The van der Waals surface area contributed by atoms with Crippen molar-refractivity contribution in [2.45, 2.75) is 27.7 Å². The molecular formula is C12H18O3. The molecule has 84 valence electrons. The quantitative estimate of drug-likeness (QED) is 0.526. The van der Waals surface area contributed by atoms with Crippen LogP contribution in [0.15, 0.2) is 12.2 Å². The lowest BCUT2D eigenvalue weighted by molar-refractivity contribution is -0.145. The fourth-order valence-electron chi connectivity index (χ4n) is 1.96. The lowest BCUT2D eigenvalue weighted by Crippen LogP contribution is -2.10. The Hall–Kier alpha value is -1.12. The number of carbonyl (C=O) groups excluding carboxylic acids is 2. The van der Waals surface area contributed by atoms with E-state index in [0.29, 0.717) is 6.61 Å². The van der Waals surface area contributed by atoms with Crippen molar-refractivity contribution in [3.8, 4) is 0 Å². The molecule has 0 spiro atoms. The van der Waals surface area contributed by atoms with Crippen LogP contribution in [0.5, 0.6) is 0 Å². The first-order valence-corrected chi connectivity index (χ1v) is 5.26. The molecule has 0 bridgehead atoms. The molecule has 15 heavy (non-hydrogen) atoms. The number of rotatable bonds is 4. The molecule has 3 nitrogen and oxygen atoms in total. The molecule has 0 N–H and O–H groups in total. The number of ether oxygens (including phenoxy) is 1. The molecule has 0 unspecified atom stereocenters. The maximum absolute atomic E-state index is 11.5. The molecule has 1 aliphatic rings. The highest BCUT2D eigenvalue weighted by atomic mass is 16.5. The smallest absolute Gasteiger partial charge is 0.310 e. The van der Waals surface area contributed by atoms with Crippen LogP contribution in [0.1, 0.15) is 27.7 Å². The van der Waals surface area contributed by atoms with E-state index in [1.54, 1.807) is 6.92 Å². The van der Waals surface area contributed by atoms with Gasteiger partial charge in [-0.1, -0.05) is 19.9 Å². The molecular weight excluding hydrogens is 192 g/mol. The molecule has 0 aromatic carbocycles. The molecule has 0 aromatic heterocycles. The van der Waals surface area contributed by atoms with Gasteiger partial charge in [-0.15, -0.1) is 0 Å². The van der Waals surface area contributed by atoms with Crippen LogP contribution in [0.3, 0.4) is 0 Å². The van der Waals surface area contributed by atoms with Gasteiger partial charge in [0.25, 0.3) is 0 Å². The second-order valence-electron chi connectivity index (χ2n) is 4.55. The standard InChI is InChI=1S/C12H18O3/c1-5-15-11(14)10-9(12(10,3)4)7-6-8(2)13/h6-7,9-10H,5H2,1-4H3/t9-,10+/m1/s1. The van der Waals surface area contributed by atoms with E-state index in [9.17, 15) is 9.59 Å². The van der Waals surface area contributed by atoms with Gasteiger partial charge in [-0.05, 0) is 31.3 Å². The molecule has 1 aliphatic carbocycles. The minimum Gasteiger partial charge on any atom is -0.466 e. The van der Waals surface area contributed by atoms with Gasteiger partial charge in [0.1, 0.15) is 0 Å². The third kappa shape index (κ3) is 2.46. The summed E-state index contributed by atoms with van der Waals surface area (Å²) in [6.45, 7) is 7.75. The zero-order chi connectivity index (χ0) is 11.6. The highest BCUT2D eigenvalue weighted by molar-refractivity contribution is 5.87. The average molecular weight is 210 g/mol. The molecule has 0 amide bonds. The van der Waals surface area contributed by atoms with Crippen molar-refractivity contribution in [2.24, 2.45) is 17.3 Å². The lowest BCUT2D eigenvalue weighted by atomic mass is 10.1. The Bertz CT molecular complexity index is 302. The largest absolute Gasteiger partial charge is 0.466 e. The van der Waals surface area contributed by atoms with E-state index in [1.807, 2.05) is 19.9 Å². The molecule has 0 aromatic rings. The molecule has 2 atom stereocenters. The fourth-order valence-corrected chi connectivity index (χ4v) is 1.96. The zero-order valence-electron chi connectivity index (χ0n) is 9.74. The van der Waals surface area contributed by atoms with E-state index in [1.165, 1.54) is 13.0 Å². The molecule has 3 heteroatoms. The van der Waals surface area contributed by atoms with Crippen molar-refractivity contribution >= 4 is 11.8 Å². The van der Waals surface area contributed by atoms with Crippen LogP contribution in [-0.4, -0.2) is 18.4 Å². The summed E-state index contributed by atoms with van der Waals surface area (Å²) in [6, 6.07) is 0. The van der Waals surface area contributed by atoms with E-state index in [0.717, 1.165) is 0 Å². The normalized spacial score (nSPS) is 27.7. The van der Waals surface area contributed by atoms with Crippen molar-refractivity contribution < 1.29 is 14.3 Å². The van der Waals surface area contributed by atoms with E-state index < -0.39 is 0 Å².